The molecule has 0 radical (unpaired) electrons. The minimum atomic E-state index is -0.192. The van der Waals surface area contributed by atoms with Crippen LogP contribution in [0.1, 0.15) is 0 Å². The smallest absolute Gasteiger partial charge is 0.264 e. The molecule has 0 aliphatic heterocycles. The predicted octanol–water partition coefficient (Wildman–Crippen LogP) is 3.88. The summed E-state index contributed by atoms with van der Waals surface area (Å²) in [7, 11) is 0. The zero-order valence-electron chi connectivity index (χ0n) is 12.2. The standard InChI is InChI=1S/C17H10Cl2N4O/c18-12-5-6-15(14(19)8-12)23-16(22-10-20-9-21-22)7-11-3-1-2-4-13(11)17(23)24/h1-10H. The number of halogens is 2. The molecule has 4 aromatic rings. The normalized spacial score (nSPS) is 11.1. The van der Waals surface area contributed by atoms with Gasteiger partial charge in [-0.25, -0.2) is 9.67 Å². The number of rotatable bonds is 2. The lowest BCUT2D eigenvalue weighted by Crippen LogP contribution is -2.23. The average molecular weight is 357 g/mol. The molecule has 0 saturated heterocycles. The Kier molecular flexibility index (Phi) is 3.59. The molecule has 118 valence electrons. The molecule has 7 heteroatoms. The van der Waals surface area contributed by atoms with Crippen LogP contribution in [0.15, 0.2) is 66.0 Å². The van der Waals surface area contributed by atoms with E-state index in [1.165, 1.54) is 21.9 Å². The second-order valence-electron chi connectivity index (χ2n) is 5.17. The zero-order valence-corrected chi connectivity index (χ0v) is 13.7. The van der Waals surface area contributed by atoms with Gasteiger partial charge in [0.15, 0.2) is 0 Å². The average Bonchev–Trinajstić information content (AvgIpc) is 3.10. The molecule has 0 unspecified atom stereocenters. The van der Waals surface area contributed by atoms with Gasteiger partial charge in [0, 0.05) is 10.4 Å². The van der Waals surface area contributed by atoms with Crippen LogP contribution in [-0.2, 0) is 0 Å². The molecule has 2 heterocycles. The predicted molar refractivity (Wildman–Crippen MR) is 94.5 cm³/mol. The highest BCUT2D eigenvalue weighted by Crippen LogP contribution is 2.26. The summed E-state index contributed by atoms with van der Waals surface area (Å²) in [5.41, 5.74) is 0.338. The molecule has 0 atom stereocenters. The first kappa shape index (κ1) is 14.9. The molecule has 0 bridgehead atoms. The number of hydrogen-bond donors (Lipinski definition) is 0. The first-order valence-corrected chi connectivity index (χ1v) is 7.86. The minimum Gasteiger partial charge on any atom is -0.268 e. The Bertz CT molecular complexity index is 1100. The fourth-order valence-corrected chi connectivity index (χ4v) is 3.13. The number of aromatic nitrogens is 4. The van der Waals surface area contributed by atoms with Gasteiger partial charge in [0.05, 0.1) is 10.7 Å². The zero-order chi connectivity index (χ0) is 16.7. The first-order valence-electron chi connectivity index (χ1n) is 7.10. The summed E-state index contributed by atoms with van der Waals surface area (Å²) in [6, 6.07) is 14.2. The van der Waals surface area contributed by atoms with Gasteiger partial charge in [-0.05, 0) is 35.7 Å². The maximum Gasteiger partial charge on any atom is 0.264 e. The molecule has 0 N–H and O–H groups in total. The second-order valence-corrected chi connectivity index (χ2v) is 6.01. The van der Waals surface area contributed by atoms with Gasteiger partial charge in [0.1, 0.15) is 18.5 Å². The Balaban J connectivity index is 2.15. The van der Waals surface area contributed by atoms with Crippen molar-refractivity contribution in [2.75, 3.05) is 0 Å². The van der Waals surface area contributed by atoms with Crippen molar-refractivity contribution >= 4 is 34.0 Å². The van der Waals surface area contributed by atoms with E-state index in [2.05, 4.69) is 10.1 Å². The largest absolute Gasteiger partial charge is 0.268 e. The van der Waals surface area contributed by atoms with Crippen molar-refractivity contribution in [1.82, 2.24) is 19.3 Å². The Morgan fingerprint density at radius 3 is 2.58 bits per heavy atom. The summed E-state index contributed by atoms with van der Waals surface area (Å²) in [5.74, 6) is 0.542. The first-order chi connectivity index (χ1) is 11.6. The van der Waals surface area contributed by atoms with Crippen LogP contribution < -0.4 is 5.56 Å². The van der Waals surface area contributed by atoms with E-state index in [-0.39, 0.29) is 5.56 Å². The monoisotopic (exact) mass is 356 g/mol. The van der Waals surface area contributed by atoms with Gasteiger partial charge in [0.25, 0.3) is 5.56 Å². The van der Waals surface area contributed by atoms with E-state index in [1.807, 2.05) is 24.3 Å². The van der Waals surface area contributed by atoms with Crippen molar-refractivity contribution in [3.05, 3.63) is 81.6 Å². The third kappa shape index (κ3) is 2.38. The van der Waals surface area contributed by atoms with Crippen LogP contribution in [-0.4, -0.2) is 19.3 Å². The summed E-state index contributed by atoms with van der Waals surface area (Å²) < 4.78 is 3.04. The number of hydrogen-bond acceptors (Lipinski definition) is 3. The maximum absolute atomic E-state index is 13.1. The van der Waals surface area contributed by atoms with Crippen molar-refractivity contribution in [3.8, 4) is 11.5 Å². The van der Waals surface area contributed by atoms with E-state index in [4.69, 9.17) is 23.2 Å². The highest BCUT2D eigenvalue weighted by Gasteiger charge is 2.15. The highest BCUT2D eigenvalue weighted by atomic mass is 35.5. The lowest BCUT2D eigenvalue weighted by atomic mass is 10.1. The van der Waals surface area contributed by atoms with E-state index >= 15 is 0 Å². The van der Waals surface area contributed by atoms with Gasteiger partial charge in [-0.15, -0.1) is 0 Å². The van der Waals surface area contributed by atoms with Crippen LogP contribution in [0.3, 0.4) is 0 Å². The Hall–Kier alpha value is -2.63. The van der Waals surface area contributed by atoms with Gasteiger partial charge in [-0.3, -0.25) is 9.36 Å². The van der Waals surface area contributed by atoms with E-state index in [0.717, 1.165) is 5.39 Å². The fourth-order valence-electron chi connectivity index (χ4n) is 2.64. The van der Waals surface area contributed by atoms with Crippen LogP contribution in [0.5, 0.6) is 0 Å². The second kappa shape index (κ2) is 5.78. The molecule has 0 saturated carbocycles. The number of fused-ring (bicyclic) bond motifs is 1. The van der Waals surface area contributed by atoms with E-state index in [1.54, 1.807) is 24.3 Å². The van der Waals surface area contributed by atoms with Crippen LogP contribution in [0, 0.1) is 0 Å². The molecule has 0 aliphatic carbocycles. The van der Waals surface area contributed by atoms with E-state index in [9.17, 15) is 4.79 Å². The number of benzene rings is 2. The quantitative estimate of drug-likeness (QED) is 0.547. The molecular weight excluding hydrogens is 347 g/mol. The molecule has 0 fully saturated rings. The lowest BCUT2D eigenvalue weighted by Gasteiger charge is -2.15. The number of nitrogens with zero attached hydrogens (tertiary/aromatic N) is 4. The summed E-state index contributed by atoms with van der Waals surface area (Å²) in [4.78, 5) is 17.1. The van der Waals surface area contributed by atoms with Crippen molar-refractivity contribution in [2.24, 2.45) is 0 Å². The third-order valence-corrected chi connectivity index (χ3v) is 4.25. The van der Waals surface area contributed by atoms with Crippen molar-refractivity contribution < 1.29 is 0 Å². The van der Waals surface area contributed by atoms with Crippen molar-refractivity contribution in [1.29, 1.82) is 0 Å². The minimum absolute atomic E-state index is 0.192. The fraction of sp³-hybridized carbons (Fsp3) is 0. The van der Waals surface area contributed by atoms with Gasteiger partial charge < -0.3 is 0 Å². The Morgan fingerprint density at radius 2 is 1.83 bits per heavy atom. The van der Waals surface area contributed by atoms with Crippen molar-refractivity contribution in [3.63, 3.8) is 0 Å². The van der Waals surface area contributed by atoms with Crippen molar-refractivity contribution in [2.45, 2.75) is 0 Å². The molecule has 5 nitrogen and oxygen atoms in total. The van der Waals surface area contributed by atoms with E-state index < -0.39 is 0 Å². The van der Waals surface area contributed by atoms with Crippen LogP contribution in [0.4, 0.5) is 0 Å². The van der Waals surface area contributed by atoms with Crippen LogP contribution >= 0.6 is 23.2 Å². The van der Waals surface area contributed by atoms with Crippen LogP contribution in [0.2, 0.25) is 10.0 Å². The molecule has 0 aliphatic rings. The lowest BCUT2D eigenvalue weighted by molar-refractivity contribution is 0.796. The maximum atomic E-state index is 13.1. The van der Waals surface area contributed by atoms with Gasteiger partial charge >= 0.3 is 0 Å². The molecule has 2 aromatic heterocycles. The van der Waals surface area contributed by atoms with Gasteiger partial charge in [0.2, 0.25) is 0 Å². The highest BCUT2D eigenvalue weighted by molar-refractivity contribution is 6.35. The summed E-state index contributed by atoms with van der Waals surface area (Å²) in [6.45, 7) is 0. The molecular formula is C17H10Cl2N4O. The molecule has 24 heavy (non-hydrogen) atoms. The summed E-state index contributed by atoms with van der Waals surface area (Å²) >= 11 is 12.3. The summed E-state index contributed by atoms with van der Waals surface area (Å²) in [5, 5.41) is 6.42. The van der Waals surface area contributed by atoms with Gasteiger partial charge in [-0.1, -0.05) is 41.4 Å². The Morgan fingerprint density at radius 1 is 1.00 bits per heavy atom. The molecule has 2 aromatic carbocycles. The molecule has 0 amide bonds. The molecule has 0 spiro atoms. The molecule has 4 rings (SSSR count). The van der Waals surface area contributed by atoms with Gasteiger partial charge in [-0.2, -0.15) is 5.10 Å². The number of pyridine rings is 1. The third-order valence-electron chi connectivity index (χ3n) is 3.71. The van der Waals surface area contributed by atoms with Crippen LogP contribution in [0.25, 0.3) is 22.3 Å². The summed E-state index contributed by atoms with van der Waals surface area (Å²) in [6.07, 6.45) is 2.94. The topological polar surface area (TPSA) is 52.7 Å². The SMILES string of the molecule is O=c1c2ccccc2cc(-n2cncn2)n1-c1ccc(Cl)cc1Cl. The van der Waals surface area contributed by atoms with E-state index in [0.29, 0.717) is 26.9 Å². The Labute approximate surface area is 146 Å².